The third-order valence-corrected chi connectivity index (χ3v) is 4.43. The molecule has 0 aliphatic heterocycles. The van der Waals surface area contributed by atoms with E-state index in [1.807, 2.05) is 11.1 Å². The van der Waals surface area contributed by atoms with Gasteiger partial charge in [-0.1, -0.05) is 6.07 Å². The van der Waals surface area contributed by atoms with Crippen LogP contribution in [0.1, 0.15) is 5.56 Å². The Kier molecular flexibility index (Phi) is 4.06. The van der Waals surface area contributed by atoms with Crippen LogP contribution in [-0.2, 0) is 13.2 Å². The summed E-state index contributed by atoms with van der Waals surface area (Å²) >= 11 is 0. The van der Waals surface area contributed by atoms with Gasteiger partial charge in [-0.2, -0.15) is 13.2 Å². The van der Waals surface area contributed by atoms with Gasteiger partial charge in [0.05, 0.1) is 9.82 Å². The first-order chi connectivity index (χ1) is 8.45. The van der Waals surface area contributed by atoms with Gasteiger partial charge in [-0.25, -0.2) is 0 Å². The van der Waals surface area contributed by atoms with Crippen LogP contribution < -0.4 is 13.2 Å². The van der Waals surface area contributed by atoms with Gasteiger partial charge >= 0.3 is 31.7 Å². The lowest BCUT2D eigenvalue weighted by Gasteiger charge is -2.06. The number of hydrogen-bond donors (Lipinski definition) is 0. The normalized spacial score (nSPS) is 12.7. The fourth-order valence-electron chi connectivity index (χ4n) is 1.12. The molecule has 0 aliphatic carbocycles. The monoisotopic (exact) mass is 311 g/mol. The van der Waals surface area contributed by atoms with E-state index in [0.717, 1.165) is 29.2 Å². The Hall–Kier alpha value is -0.890. The van der Waals surface area contributed by atoms with Crippen LogP contribution in [-0.4, -0.2) is 4.51 Å². The third kappa shape index (κ3) is 3.55. The maximum Gasteiger partial charge on any atom is 0.542 e. The standard InChI is InChI=1S/C8H7F3N3OP3/c1-13-16-12-17-14(18-13)15-7-4-2-3-6(5-7)8(9,10)11/h2-5H,1H3/q+2. The fourth-order valence-corrected chi connectivity index (χ4v) is 4.18. The van der Waals surface area contributed by atoms with Crippen LogP contribution in [0.2, 0.25) is 0 Å². The predicted molar refractivity (Wildman–Crippen MR) is 60.6 cm³/mol. The average Bonchev–Trinajstić information content (AvgIpc) is 2.28. The van der Waals surface area contributed by atoms with Crippen LogP contribution in [0, 0.1) is 0 Å². The second-order valence-electron chi connectivity index (χ2n) is 3.22. The van der Waals surface area contributed by atoms with Crippen LogP contribution in [0.3, 0.4) is 0 Å². The largest absolute Gasteiger partial charge is 0.542 e. The molecule has 0 saturated heterocycles. The first kappa shape index (κ1) is 13.5. The summed E-state index contributed by atoms with van der Waals surface area (Å²) in [5.74, 6) is 0.145. The van der Waals surface area contributed by atoms with Crippen molar-refractivity contribution < 1.29 is 26.4 Å². The minimum absolute atomic E-state index is 0.145. The van der Waals surface area contributed by atoms with Gasteiger partial charge in [0.2, 0.25) is 0 Å². The maximum absolute atomic E-state index is 12.5. The van der Waals surface area contributed by atoms with E-state index < -0.39 is 11.7 Å². The summed E-state index contributed by atoms with van der Waals surface area (Å²) in [7, 11) is 3.93. The van der Waals surface area contributed by atoms with Crippen LogP contribution in [0.5, 0.6) is 5.75 Å². The number of halogens is 3. The zero-order valence-electron chi connectivity index (χ0n) is 9.03. The lowest BCUT2D eigenvalue weighted by Crippen LogP contribution is -2.37. The van der Waals surface area contributed by atoms with Gasteiger partial charge in [-0.15, -0.1) is 4.09 Å². The van der Waals surface area contributed by atoms with E-state index in [2.05, 4.69) is 4.51 Å². The molecule has 0 N–H and O–H groups in total. The molecule has 2 rings (SSSR count). The Balaban J connectivity index is 2.25. The summed E-state index contributed by atoms with van der Waals surface area (Å²) in [5.41, 5.74) is -0.728. The van der Waals surface area contributed by atoms with E-state index in [-0.39, 0.29) is 5.75 Å². The summed E-state index contributed by atoms with van der Waals surface area (Å²) < 4.78 is 44.8. The Labute approximate surface area is 106 Å². The van der Waals surface area contributed by atoms with E-state index in [1.54, 1.807) is 0 Å². The van der Waals surface area contributed by atoms with Gasteiger partial charge in [0, 0.05) is 0 Å². The zero-order chi connectivity index (χ0) is 13.2. The molecule has 4 nitrogen and oxygen atoms in total. The summed E-state index contributed by atoms with van der Waals surface area (Å²) in [6.07, 6.45) is -4.36. The van der Waals surface area contributed by atoms with Crippen LogP contribution in [0.15, 0.2) is 24.3 Å². The molecule has 1 aromatic heterocycles. The molecule has 10 heteroatoms. The Morgan fingerprint density at radius 3 is 2.72 bits per heavy atom. The van der Waals surface area contributed by atoms with Crippen molar-refractivity contribution >= 4 is 25.5 Å². The van der Waals surface area contributed by atoms with Crippen LogP contribution in [0.4, 0.5) is 13.2 Å². The van der Waals surface area contributed by atoms with Crippen molar-refractivity contribution in [1.29, 1.82) is 0 Å². The van der Waals surface area contributed by atoms with Crippen molar-refractivity contribution in [2.75, 3.05) is 0 Å². The third-order valence-electron chi connectivity index (χ3n) is 1.84. The maximum atomic E-state index is 12.5. The molecule has 94 valence electrons. The molecule has 0 radical (unpaired) electrons. The predicted octanol–water partition coefficient (Wildman–Crippen LogP) is 2.79. The van der Waals surface area contributed by atoms with Crippen LogP contribution in [0.25, 0.3) is 0 Å². The zero-order valence-corrected chi connectivity index (χ0v) is 11.7. The molecule has 2 aromatic rings. The van der Waals surface area contributed by atoms with Crippen LogP contribution >= 0.6 is 25.5 Å². The quantitative estimate of drug-likeness (QED) is 0.853. The second kappa shape index (κ2) is 5.40. The van der Waals surface area contributed by atoms with E-state index >= 15 is 0 Å². The highest BCUT2D eigenvalue weighted by Gasteiger charge is 2.31. The first-order valence-corrected chi connectivity index (χ1v) is 7.07. The molecule has 0 bridgehead atoms. The number of alkyl halides is 3. The highest BCUT2D eigenvalue weighted by Crippen LogP contribution is 2.31. The molecule has 0 atom stereocenters. The molecule has 0 amide bonds. The van der Waals surface area contributed by atoms with E-state index in [9.17, 15) is 13.2 Å². The number of aryl methyl sites for hydroxylation is 1. The van der Waals surface area contributed by atoms with Gasteiger partial charge in [0.25, 0.3) is 0 Å². The van der Waals surface area contributed by atoms with Crippen molar-refractivity contribution in [3.63, 3.8) is 0 Å². The van der Waals surface area contributed by atoms with Crippen molar-refractivity contribution in [1.82, 2.24) is 4.51 Å². The summed E-state index contributed by atoms with van der Waals surface area (Å²) in [4.78, 5) is 5.33. The minimum Gasteiger partial charge on any atom is -0.264 e. The molecular formula is C8H7F3N3OP3+2. The lowest BCUT2D eigenvalue weighted by atomic mass is 10.2. The van der Waals surface area contributed by atoms with Crippen molar-refractivity contribution in [2.45, 2.75) is 6.18 Å². The molecular weight excluding hydrogens is 304 g/mol. The summed E-state index contributed by atoms with van der Waals surface area (Å²) in [6.45, 7) is 0. The second-order valence-corrected chi connectivity index (χ2v) is 7.03. The molecule has 0 fully saturated rings. The van der Waals surface area contributed by atoms with Gasteiger partial charge in [-0.3, -0.25) is 4.84 Å². The number of aromatic nitrogens is 3. The van der Waals surface area contributed by atoms with Gasteiger partial charge in [-0.05, 0) is 18.2 Å². The van der Waals surface area contributed by atoms with E-state index in [0.29, 0.717) is 8.51 Å². The number of hydrogen-bond acceptors (Lipinski definition) is 2. The van der Waals surface area contributed by atoms with Gasteiger partial charge in [0.15, 0.2) is 5.75 Å². The molecule has 0 aliphatic rings. The summed E-state index contributed by atoms with van der Waals surface area (Å²) in [6, 6.07) is 4.77. The lowest BCUT2D eigenvalue weighted by molar-refractivity contribution is -0.781. The topological polar surface area (TPSA) is 29.9 Å². The number of rotatable bonds is 2. The minimum atomic E-state index is -4.36. The Morgan fingerprint density at radius 2 is 2.06 bits per heavy atom. The average molecular weight is 311 g/mol. The Bertz CT molecular complexity index is 567. The highest BCUT2D eigenvalue weighted by molar-refractivity contribution is 7.35. The van der Waals surface area contributed by atoms with Gasteiger partial charge < -0.3 is 0 Å². The molecule has 0 unspecified atom stereocenters. The Morgan fingerprint density at radius 1 is 1.28 bits per heavy atom. The van der Waals surface area contributed by atoms with E-state index in [4.69, 9.17) is 4.84 Å². The molecule has 0 spiro atoms. The first-order valence-electron chi connectivity index (χ1n) is 4.67. The molecule has 1 aromatic carbocycles. The van der Waals surface area contributed by atoms with Crippen molar-refractivity contribution in [3.8, 4) is 5.75 Å². The van der Waals surface area contributed by atoms with Crippen molar-refractivity contribution in [2.24, 2.45) is 7.05 Å². The SMILES string of the molecule is C[n+]1pnp[n+](Oc2cccc(C(F)(F)F)c2)p1. The highest BCUT2D eigenvalue weighted by atomic mass is 31.1. The van der Waals surface area contributed by atoms with E-state index in [1.165, 1.54) is 16.4 Å². The number of benzene rings is 1. The molecule has 18 heavy (non-hydrogen) atoms. The number of nitrogens with zero attached hydrogens (tertiary/aromatic N) is 3. The fraction of sp³-hybridized carbons (Fsp3) is 0.250. The van der Waals surface area contributed by atoms with Crippen molar-refractivity contribution in [3.05, 3.63) is 29.8 Å². The van der Waals surface area contributed by atoms with Gasteiger partial charge in [0.1, 0.15) is 11.6 Å². The smallest absolute Gasteiger partial charge is 0.264 e. The molecule has 1 heterocycles. The molecule has 0 saturated carbocycles. The summed E-state index contributed by atoms with van der Waals surface area (Å²) in [5, 5.41) is 0.